The Morgan fingerprint density at radius 3 is 1.68 bits per heavy atom. The summed E-state index contributed by atoms with van der Waals surface area (Å²) in [6.07, 6.45) is 0. The molecule has 1 rings (SSSR count). The first-order chi connectivity index (χ1) is 9.02. The van der Waals surface area contributed by atoms with Gasteiger partial charge in [0.15, 0.2) is 0 Å². The zero-order valence-electron chi connectivity index (χ0n) is 10.6. The lowest BCUT2D eigenvalue weighted by Gasteiger charge is -2.25. The van der Waals surface area contributed by atoms with Crippen LogP contribution >= 0.6 is 0 Å². The first kappa shape index (κ1) is 15.6. The summed E-state index contributed by atoms with van der Waals surface area (Å²) in [7, 11) is 2.80. The summed E-state index contributed by atoms with van der Waals surface area (Å²) in [5.74, 6) is -6.44. The molecule has 0 bridgehead atoms. The predicted molar refractivity (Wildman–Crippen MR) is 60.0 cm³/mol. The second kappa shape index (κ2) is 7.25. The third-order valence-electron chi connectivity index (χ3n) is 2.42. The lowest BCUT2D eigenvalue weighted by molar-refractivity contribution is 0.189. The van der Waals surface area contributed by atoms with Crippen molar-refractivity contribution in [3.8, 4) is 0 Å². The van der Waals surface area contributed by atoms with Gasteiger partial charge in [0.1, 0.15) is 5.69 Å². The molecule has 0 aliphatic rings. The summed E-state index contributed by atoms with van der Waals surface area (Å²) in [6.45, 7) is 0.371. The van der Waals surface area contributed by atoms with Crippen molar-refractivity contribution in [2.45, 2.75) is 0 Å². The number of anilines is 1. The van der Waals surface area contributed by atoms with E-state index in [2.05, 4.69) is 4.98 Å². The van der Waals surface area contributed by atoms with Gasteiger partial charge in [-0.15, -0.1) is 0 Å². The Morgan fingerprint density at radius 2 is 1.32 bits per heavy atom. The number of ether oxygens (including phenoxy) is 2. The van der Waals surface area contributed by atoms with Gasteiger partial charge in [0.05, 0.1) is 13.2 Å². The van der Waals surface area contributed by atoms with Crippen molar-refractivity contribution >= 4 is 5.69 Å². The van der Waals surface area contributed by atoms with Gasteiger partial charge in [0.2, 0.25) is 11.6 Å². The molecular formula is C11H14F4N2O2. The third-order valence-corrected chi connectivity index (χ3v) is 2.42. The van der Waals surface area contributed by atoms with Crippen molar-refractivity contribution in [1.82, 2.24) is 4.98 Å². The zero-order chi connectivity index (χ0) is 14.4. The summed E-state index contributed by atoms with van der Waals surface area (Å²) < 4.78 is 62.8. The number of hydrogen-bond donors (Lipinski definition) is 0. The minimum atomic E-state index is -1.69. The molecule has 108 valence electrons. The molecule has 0 aliphatic heterocycles. The zero-order valence-corrected chi connectivity index (χ0v) is 10.6. The summed E-state index contributed by atoms with van der Waals surface area (Å²) in [5.41, 5.74) is -0.806. The summed E-state index contributed by atoms with van der Waals surface area (Å²) >= 11 is 0. The maximum absolute atomic E-state index is 13.6. The van der Waals surface area contributed by atoms with E-state index in [1.807, 2.05) is 0 Å². The number of halogens is 4. The van der Waals surface area contributed by atoms with Gasteiger partial charge in [0, 0.05) is 27.3 Å². The van der Waals surface area contributed by atoms with Crippen LogP contribution in [0.5, 0.6) is 0 Å². The molecule has 1 heterocycles. The van der Waals surface area contributed by atoms with Crippen LogP contribution in [-0.4, -0.2) is 45.5 Å². The Labute approximate surface area is 107 Å². The van der Waals surface area contributed by atoms with Crippen LogP contribution in [-0.2, 0) is 9.47 Å². The molecule has 0 radical (unpaired) electrons. The highest BCUT2D eigenvalue weighted by atomic mass is 19.2. The topological polar surface area (TPSA) is 34.6 Å². The average Bonchev–Trinajstić information content (AvgIpc) is 2.39. The third kappa shape index (κ3) is 3.77. The smallest absolute Gasteiger partial charge is 0.253 e. The van der Waals surface area contributed by atoms with Gasteiger partial charge >= 0.3 is 0 Å². The number of nitrogens with zero attached hydrogens (tertiary/aromatic N) is 2. The summed E-state index contributed by atoms with van der Waals surface area (Å²) in [6, 6.07) is 0. The molecule has 1 aromatic heterocycles. The van der Waals surface area contributed by atoms with Gasteiger partial charge in [-0.2, -0.15) is 22.5 Å². The van der Waals surface area contributed by atoms with Crippen LogP contribution in [0.2, 0.25) is 0 Å². The fourth-order valence-corrected chi connectivity index (χ4v) is 1.49. The van der Waals surface area contributed by atoms with E-state index < -0.39 is 29.2 Å². The minimum absolute atomic E-state index is 0.0522. The summed E-state index contributed by atoms with van der Waals surface area (Å²) in [5, 5.41) is 0. The average molecular weight is 282 g/mol. The molecule has 4 nitrogen and oxygen atoms in total. The molecule has 0 saturated carbocycles. The van der Waals surface area contributed by atoms with Crippen molar-refractivity contribution in [2.75, 3.05) is 45.4 Å². The van der Waals surface area contributed by atoms with Gasteiger partial charge in [-0.05, 0) is 0 Å². The SMILES string of the molecule is COCCN(CCOC)c1c(F)c(F)nc(F)c1F. The molecule has 0 unspecified atom stereocenters. The second-order valence-corrected chi connectivity index (χ2v) is 3.64. The molecule has 0 aliphatic carbocycles. The van der Waals surface area contributed by atoms with Crippen LogP contribution in [0.15, 0.2) is 0 Å². The van der Waals surface area contributed by atoms with Crippen LogP contribution in [0.25, 0.3) is 0 Å². The van der Waals surface area contributed by atoms with E-state index in [-0.39, 0.29) is 26.3 Å². The van der Waals surface area contributed by atoms with Crippen molar-refractivity contribution in [1.29, 1.82) is 0 Å². The van der Waals surface area contributed by atoms with Gasteiger partial charge in [0.25, 0.3) is 11.9 Å². The van der Waals surface area contributed by atoms with Crippen LogP contribution in [0, 0.1) is 23.5 Å². The molecule has 0 aromatic carbocycles. The number of methoxy groups -OCH3 is 2. The Bertz CT molecular complexity index is 397. The standard InChI is InChI=1S/C11H14F4N2O2/c1-18-5-3-17(4-6-19-2)9-7(12)10(14)16-11(15)8(9)13/h3-6H2,1-2H3. The van der Waals surface area contributed by atoms with Crippen molar-refractivity contribution < 1.29 is 27.0 Å². The quantitative estimate of drug-likeness (QED) is 0.563. The normalized spacial score (nSPS) is 10.8. The maximum Gasteiger partial charge on any atom is 0.253 e. The molecule has 8 heteroatoms. The number of hydrogen-bond acceptors (Lipinski definition) is 4. The van der Waals surface area contributed by atoms with Crippen LogP contribution < -0.4 is 4.90 Å². The van der Waals surface area contributed by atoms with Crippen LogP contribution in [0.1, 0.15) is 0 Å². The van der Waals surface area contributed by atoms with E-state index in [0.29, 0.717) is 0 Å². The van der Waals surface area contributed by atoms with Crippen molar-refractivity contribution in [3.63, 3.8) is 0 Å². The van der Waals surface area contributed by atoms with E-state index >= 15 is 0 Å². The van der Waals surface area contributed by atoms with Crippen LogP contribution in [0.4, 0.5) is 23.2 Å². The van der Waals surface area contributed by atoms with Gasteiger partial charge in [-0.3, -0.25) is 0 Å². The predicted octanol–water partition coefficient (Wildman–Crippen LogP) is 1.74. The fraction of sp³-hybridized carbons (Fsp3) is 0.545. The van der Waals surface area contributed by atoms with E-state index in [1.54, 1.807) is 0 Å². The Balaban J connectivity index is 3.12. The Kier molecular flexibility index (Phi) is 5.97. The molecule has 0 amide bonds. The summed E-state index contributed by atoms with van der Waals surface area (Å²) in [4.78, 5) is 3.61. The first-order valence-corrected chi connectivity index (χ1v) is 5.45. The van der Waals surface area contributed by atoms with Crippen molar-refractivity contribution in [2.24, 2.45) is 0 Å². The van der Waals surface area contributed by atoms with Crippen LogP contribution in [0.3, 0.4) is 0 Å². The molecule has 1 aromatic rings. The highest BCUT2D eigenvalue weighted by Gasteiger charge is 2.25. The molecule has 19 heavy (non-hydrogen) atoms. The molecule has 0 fully saturated rings. The van der Waals surface area contributed by atoms with Gasteiger partial charge in [-0.25, -0.2) is 0 Å². The monoisotopic (exact) mass is 282 g/mol. The van der Waals surface area contributed by atoms with E-state index in [9.17, 15) is 17.6 Å². The fourth-order valence-electron chi connectivity index (χ4n) is 1.49. The Morgan fingerprint density at radius 1 is 0.895 bits per heavy atom. The maximum atomic E-state index is 13.6. The molecule has 0 N–H and O–H groups in total. The lowest BCUT2D eigenvalue weighted by Crippen LogP contribution is -2.33. The lowest BCUT2D eigenvalue weighted by atomic mass is 10.3. The number of aromatic nitrogens is 1. The highest BCUT2D eigenvalue weighted by Crippen LogP contribution is 2.25. The molecular weight excluding hydrogens is 268 g/mol. The molecule has 0 spiro atoms. The number of pyridine rings is 1. The van der Waals surface area contributed by atoms with Gasteiger partial charge < -0.3 is 14.4 Å². The minimum Gasteiger partial charge on any atom is -0.383 e. The second-order valence-electron chi connectivity index (χ2n) is 3.64. The van der Waals surface area contributed by atoms with Gasteiger partial charge in [-0.1, -0.05) is 0 Å². The largest absolute Gasteiger partial charge is 0.383 e. The highest BCUT2D eigenvalue weighted by molar-refractivity contribution is 5.48. The van der Waals surface area contributed by atoms with Crippen molar-refractivity contribution in [3.05, 3.63) is 23.5 Å². The van der Waals surface area contributed by atoms with E-state index in [1.165, 1.54) is 14.2 Å². The Hall–Kier alpha value is -1.41. The van der Waals surface area contributed by atoms with E-state index in [4.69, 9.17) is 9.47 Å². The molecule has 0 atom stereocenters. The first-order valence-electron chi connectivity index (χ1n) is 5.45. The number of rotatable bonds is 7. The molecule has 0 saturated heterocycles. The van der Waals surface area contributed by atoms with E-state index in [0.717, 1.165) is 4.90 Å².